The molecule has 0 bridgehead atoms. The number of likely N-dealkylation sites (N-methyl/N-ethyl adjacent to an activating group) is 1. The number of benzene rings is 1. The minimum Gasteiger partial charge on any atom is -0.309 e. The maximum absolute atomic E-state index is 13.6. The van der Waals surface area contributed by atoms with Gasteiger partial charge in [-0.25, -0.2) is 4.39 Å². The molecule has 1 aliphatic rings. The van der Waals surface area contributed by atoms with Gasteiger partial charge in [0.1, 0.15) is 5.82 Å². The predicted molar refractivity (Wildman–Crippen MR) is 77.9 cm³/mol. The molecule has 0 aromatic heterocycles. The summed E-state index contributed by atoms with van der Waals surface area (Å²) in [7, 11) is 0. The van der Waals surface area contributed by atoms with Crippen LogP contribution >= 0.6 is 0 Å². The summed E-state index contributed by atoms with van der Waals surface area (Å²) in [6, 6.07) is 5.79. The predicted octanol–water partition coefficient (Wildman–Crippen LogP) is 3.13. The number of nitrogens with zero attached hydrogens (tertiary/aromatic N) is 1. The molecule has 19 heavy (non-hydrogen) atoms. The van der Waals surface area contributed by atoms with E-state index in [0.717, 1.165) is 44.6 Å². The Balaban J connectivity index is 1.84. The Morgan fingerprint density at radius 3 is 2.89 bits per heavy atom. The second-order valence-corrected chi connectivity index (χ2v) is 5.29. The molecular formula is C16H25FN2. The molecule has 0 spiro atoms. The number of rotatable bonds is 7. The zero-order valence-electron chi connectivity index (χ0n) is 12.1. The van der Waals surface area contributed by atoms with Crippen LogP contribution < -0.4 is 5.32 Å². The maximum Gasteiger partial charge on any atom is 0.126 e. The Morgan fingerprint density at radius 2 is 2.16 bits per heavy atom. The summed E-state index contributed by atoms with van der Waals surface area (Å²) >= 11 is 0. The van der Waals surface area contributed by atoms with Crippen molar-refractivity contribution in [3.63, 3.8) is 0 Å². The third-order valence-electron chi connectivity index (χ3n) is 4.02. The summed E-state index contributed by atoms with van der Waals surface area (Å²) in [4.78, 5) is 2.45. The lowest BCUT2D eigenvalue weighted by Crippen LogP contribution is -2.33. The Bertz CT molecular complexity index is 406. The van der Waals surface area contributed by atoms with Crippen LogP contribution in [0.1, 0.15) is 43.9 Å². The van der Waals surface area contributed by atoms with Crippen molar-refractivity contribution in [2.75, 3.05) is 26.2 Å². The summed E-state index contributed by atoms with van der Waals surface area (Å²) in [5.41, 5.74) is 2.08. The quantitative estimate of drug-likeness (QED) is 0.814. The molecule has 0 radical (unpaired) electrons. The highest BCUT2D eigenvalue weighted by Gasteiger charge is 2.24. The standard InChI is InChI=1S/C16H25FN2/c1-3-11-19(4-2)12-10-18-16-9-8-13-14(16)6-5-7-15(13)17/h5-7,16,18H,3-4,8-12H2,1-2H3. The second kappa shape index (κ2) is 7.01. The largest absolute Gasteiger partial charge is 0.309 e. The molecule has 2 nitrogen and oxygen atoms in total. The SMILES string of the molecule is CCCN(CC)CCNC1CCc2c(F)cccc21. The fourth-order valence-electron chi connectivity index (χ4n) is 2.96. The molecule has 1 aliphatic carbocycles. The maximum atomic E-state index is 13.6. The molecule has 0 fully saturated rings. The fraction of sp³-hybridized carbons (Fsp3) is 0.625. The molecule has 0 amide bonds. The Kier molecular flexibility index (Phi) is 5.34. The molecule has 1 aromatic carbocycles. The molecule has 0 heterocycles. The molecule has 1 aromatic rings. The Hall–Kier alpha value is -0.930. The normalized spacial score (nSPS) is 18.0. The van der Waals surface area contributed by atoms with Crippen molar-refractivity contribution >= 4 is 0 Å². The number of halogens is 1. The Morgan fingerprint density at radius 1 is 1.32 bits per heavy atom. The van der Waals surface area contributed by atoms with Crippen molar-refractivity contribution in [2.24, 2.45) is 0 Å². The second-order valence-electron chi connectivity index (χ2n) is 5.29. The summed E-state index contributed by atoms with van der Waals surface area (Å²) < 4.78 is 13.6. The lowest BCUT2D eigenvalue weighted by Gasteiger charge is -2.21. The van der Waals surface area contributed by atoms with Gasteiger partial charge in [0, 0.05) is 19.1 Å². The van der Waals surface area contributed by atoms with Crippen LogP contribution in [0.5, 0.6) is 0 Å². The monoisotopic (exact) mass is 264 g/mol. The molecule has 1 atom stereocenters. The van der Waals surface area contributed by atoms with E-state index in [0.29, 0.717) is 6.04 Å². The van der Waals surface area contributed by atoms with E-state index in [1.54, 1.807) is 6.07 Å². The van der Waals surface area contributed by atoms with Crippen molar-refractivity contribution < 1.29 is 4.39 Å². The number of hydrogen-bond donors (Lipinski definition) is 1. The number of nitrogens with one attached hydrogen (secondary N) is 1. The van der Waals surface area contributed by atoms with Gasteiger partial charge in [-0.2, -0.15) is 0 Å². The molecule has 3 heteroatoms. The average molecular weight is 264 g/mol. The summed E-state index contributed by atoms with van der Waals surface area (Å²) in [6.45, 7) is 8.74. The number of hydrogen-bond acceptors (Lipinski definition) is 2. The minimum absolute atomic E-state index is 0.0389. The van der Waals surface area contributed by atoms with Gasteiger partial charge in [0.25, 0.3) is 0 Å². The first-order valence-corrected chi connectivity index (χ1v) is 7.49. The van der Waals surface area contributed by atoms with Crippen LogP contribution in [0.4, 0.5) is 4.39 Å². The minimum atomic E-state index is -0.0389. The van der Waals surface area contributed by atoms with Crippen LogP contribution in [0.2, 0.25) is 0 Å². The van der Waals surface area contributed by atoms with E-state index in [-0.39, 0.29) is 5.82 Å². The lowest BCUT2D eigenvalue weighted by molar-refractivity contribution is 0.282. The number of fused-ring (bicyclic) bond motifs is 1. The highest BCUT2D eigenvalue weighted by Crippen LogP contribution is 2.32. The van der Waals surface area contributed by atoms with Gasteiger partial charge in [-0.1, -0.05) is 26.0 Å². The van der Waals surface area contributed by atoms with Gasteiger partial charge in [0.2, 0.25) is 0 Å². The van der Waals surface area contributed by atoms with Gasteiger partial charge in [-0.05, 0) is 49.5 Å². The van der Waals surface area contributed by atoms with Crippen LogP contribution in [0, 0.1) is 5.82 Å². The van der Waals surface area contributed by atoms with Crippen molar-refractivity contribution in [1.29, 1.82) is 0 Å². The van der Waals surface area contributed by atoms with Crippen LogP contribution in [0.15, 0.2) is 18.2 Å². The van der Waals surface area contributed by atoms with Crippen molar-refractivity contribution in [3.8, 4) is 0 Å². The highest BCUT2D eigenvalue weighted by molar-refractivity contribution is 5.35. The molecular weight excluding hydrogens is 239 g/mol. The van der Waals surface area contributed by atoms with Gasteiger partial charge in [0.05, 0.1) is 0 Å². The van der Waals surface area contributed by atoms with E-state index in [9.17, 15) is 4.39 Å². The summed E-state index contributed by atoms with van der Waals surface area (Å²) in [6.07, 6.45) is 3.09. The molecule has 0 aliphatic heterocycles. The smallest absolute Gasteiger partial charge is 0.126 e. The van der Waals surface area contributed by atoms with E-state index < -0.39 is 0 Å². The zero-order valence-corrected chi connectivity index (χ0v) is 12.1. The van der Waals surface area contributed by atoms with E-state index in [4.69, 9.17) is 0 Å². The fourth-order valence-corrected chi connectivity index (χ4v) is 2.96. The molecule has 0 saturated heterocycles. The summed E-state index contributed by atoms with van der Waals surface area (Å²) in [5, 5.41) is 3.58. The third kappa shape index (κ3) is 3.54. The highest BCUT2D eigenvalue weighted by atomic mass is 19.1. The topological polar surface area (TPSA) is 15.3 Å². The lowest BCUT2D eigenvalue weighted by atomic mass is 10.1. The molecule has 106 valence electrons. The van der Waals surface area contributed by atoms with E-state index in [2.05, 4.69) is 30.1 Å². The van der Waals surface area contributed by atoms with Crippen molar-refractivity contribution in [1.82, 2.24) is 10.2 Å². The van der Waals surface area contributed by atoms with E-state index in [1.807, 2.05) is 6.07 Å². The van der Waals surface area contributed by atoms with Gasteiger partial charge in [0.15, 0.2) is 0 Å². The van der Waals surface area contributed by atoms with Crippen LogP contribution in [0.25, 0.3) is 0 Å². The van der Waals surface area contributed by atoms with Gasteiger partial charge in [-0.15, -0.1) is 0 Å². The van der Waals surface area contributed by atoms with Crippen LogP contribution in [0.3, 0.4) is 0 Å². The van der Waals surface area contributed by atoms with Crippen LogP contribution in [-0.4, -0.2) is 31.1 Å². The van der Waals surface area contributed by atoms with E-state index >= 15 is 0 Å². The first-order chi connectivity index (χ1) is 9.26. The molecule has 1 N–H and O–H groups in total. The first kappa shape index (κ1) is 14.5. The van der Waals surface area contributed by atoms with Crippen LogP contribution in [-0.2, 0) is 6.42 Å². The molecule has 1 unspecified atom stereocenters. The first-order valence-electron chi connectivity index (χ1n) is 7.49. The van der Waals surface area contributed by atoms with E-state index in [1.165, 1.54) is 12.0 Å². The van der Waals surface area contributed by atoms with Crippen molar-refractivity contribution in [3.05, 3.63) is 35.1 Å². The Labute approximate surface area is 116 Å². The van der Waals surface area contributed by atoms with Crippen molar-refractivity contribution in [2.45, 2.75) is 39.2 Å². The third-order valence-corrected chi connectivity index (χ3v) is 4.02. The molecule has 2 rings (SSSR count). The van der Waals surface area contributed by atoms with Gasteiger partial charge >= 0.3 is 0 Å². The average Bonchev–Trinajstić information content (AvgIpc) is 2.83. The molecule has 0 saturated carbocycles. The van der Waals surface area contributed by atoms with Gasteiger partial charge < -0.3 is 10.2 Å². The van der Waals surface area contributed by atoms with Gasteiger partial charge in [-0.3, -0.25) is 0 Å². The zero-order chi connectivity index (χ0) is 13.7. The summed E-state index contributed by atoms with van der Waals surface area (Å²) in [5.74, 6) is -0.0389.